The molecule has 6 heteroatoms. The van der Waals surface area contributed by atoms with Gasteiger partial charge in [0.1, 0.15) is 0 Å². The van der Waals surface area contributed by atoms with Crippen molar-refractivity contribution in [2.45, 2.75) is 12.3 Å². The number of hydrogen-bond acceptors (Lipinski definition) is 2. The van der Waals surface area contributed by atoms with Crippen molar-refractivity contribution in [1.29, 1.82) is 0 Å². The van der Waals surface area contributed by atoms with Crippen LogP contribution in [0.4, 0.5) is 0 Å². The predicted molar refractivity (Wildman–Crippen MR) is 65.9 cm³/mol. The van der Waals surface area contributed by atoms with E-state index >= 15 is 0 Å². The Morgan fingerprint density at radius 1 is 1.33 bits per heavy atom. The van der Waals surface area contributed by atoms with Crippen LogP contribution in [0.1, 0.15) is 17.9 Å². The van der Waals surface area contributed by atoms with Crippen LogP contribution in [0.5, 0.6) is 0 Å². The Hall–Kier alpha value is -2.01. The van der Waals surface area contributed by atoms with Gasteiger partial charge in [-0.2, -0.15) is 0 Å². The minimum atomic E-state index is -1.17. The monoisotopic (exact) mass is 267 g/mol. The summed E-state index contributed by atoms with van der Waals surface area (Å²) in [7, 11) is 0. The number of aromatic nitrogens is 1. The summed E-state index contributed by atoms with van der Waals surface area (Å²) in [5, 5.41) is 19.0. The summed E-state index contributed by atoms with van der Waals surface area (Å²) in [6.07, 6.45) is 1.03. The topological polar surface area (TPSA) is 90.4 Å². The summed E-state index contributed by atoms with van der Waals surface area (Å²) >= 11 is 5.97. The van der Waals surface area contributed by atoms with E-state index in [9.17, 15) is 9.59 Å². The summed E-state index contributed by atoms with van der Waals surface area (Å²) in [6, 6.07) is 5.09. The molecule has 94 valence electrons. The van der Waals surface area contributed by atoms with Crippen molar-refractivity contribution >= 4 is 34.4 Å². The Balaban J connectivity index is 2.54. The van der Waals surface area contributed by atoms with Crippen molar-refractivity contribution in [1.82, 2.24) is 4.98 Å². The number of benzene rings is 1. The fourth-order valence-electron chi connectivity index (χ4n) is 1.93. The molecule has 1 unspecified atom stereocenters. The van der Waals surface area contributed by atoms with Crippen molar-refractivity contribution in [2.24, 2.45) is 0 Å². The zero-order valence-corrected chi connectivity index (χ0v) is 9.94. The normalized spacial score (nSPS) is 12.5. The Bertz CT molecular complexity index is 620. The van der Waals surface area contributed by atoms with Gasteiger partial charge in [0.25, 0.3) is 0 Å². The number of carboxylic acid groups (broad SMARTS) is 2. The van der Waals surface area contributed by atoms with Crippen molar-refractivity contribution in [3.63, 3.8) is 0 Å². The minimum Gasteiger partial charge on any atom is -0.481 e. The quantitative estimate of drug-likeness (QED) is 0.794. The molecule has 0 aliphatic heterocycles. The largest absolute Gasteiger partial charge is 0.481 e. The molecule has 0 spiro atoms. The number of H-pyrrole nitrogens is 1. The highest BCUT2D eigenvalue weighted by Gasteiger charge is 2.26. The van der Waals surface area contributed by atoms with Crippen LogP contribution in [-0.2, 0) is 9.59 Å². The molecule has 0 aliphatic carbocycles. The van der Waals surface area contributed by atoms with E-state index in [1.165, 1.54) is 6.20 Å². The number of para-hydroxylation sites is 1. The maximum atomic E-state index is 11.2. The van der Waals surface area contributed by atoms with Gasteiger partial charge in [-0.1, -0.05) is 23.7 Å². The fourth-order valence-corrected chi connectivity index (χ4v) is 2.16. The van der Waals surface area contributed by atoms with E-state index < -0.39 is 24.3 Å². The number of nitrogens with one attached hydrogen (secondary N) is 1. The van der Waals surface area contributed by atoms with Gasteiger partial charge in [-0.05, 0) is 11.6 Å². The van der Waals surface area contributed by atoms with Crippen LogP contribution >= 0.6 is 11.6 Å². The maximum Gasteiger partial charge on any atom is 0.311 e. The average Bonchev–Trinajstić information content (AvgIpc) is 2.70. The number of aromatic amines is 1. The summed E-state index contributed by atoms with van der Waals surface area (Å²) in [6.45, 7) is 0. The van der Waals surface area contributed by atoms with E-state index in [-0.39, 0.29) is 0 Å². The SMILES string of the molecule is O=C(O)CC(C(=O)O)c1c[nH]c2c(Cl)cccc12. The van der Waals surface area contributed by atoms with Gasteiger partial charge < -0.3 is 15.2 Å². The van der Waals surface area contributed by atoms with Gasteiger partial charge in [0, 0.05) is 11.6 Å². The van der Waals surface area contributed by atoms with E-state index in [0.29, 0.717) is 21.5 Å². The summed E-state index contributed by atoms with van der Waals surface area (Å²) in [5.41, 5.74) is 1.05. The Kier molecular flexibility index (Phi) is 3.25. The van der Waals surface area contributed by atoms with Crippen molar-refractivity contribution in [2.75, 3.05) is 0 Å². The van der Waals surface area contributed by atoms with Crippen LogP contribution in [0.15, 0.2) is 24.4 Å². The second-order valence-electron chi connectivity index (χ2n) is 3.90. The molecular weight excluding hydrogens is 258 g/mol. The lowest BCUT2D eigenvalue weighted by molar-refractivity contribution is -0.145. The van der Waals surface area contributed by atoms with Gasteiger partial charge in [0.15, 0.2) is 0 Å². The Morgan fingerprint density at radius 3 is 2.67 bits per heavy atom. The lowest BCUT2D eigenvalue weighted by Crippen LogP contribution is -2.15. The van der Waals surface area contributed by atoms with Crippen molar-refractivity contribution in [3.05, 3.63) is 35.0 Å². The van der Waals surface area contributed by atoms with Gasteiger partial charge in [-0.15, -0.1) is 0 Å². The Labute approximate surface area is 107 Å². The van der Waals surface area contributed by atoms with Gasteiger partial charge >= 0.3 is 11.9 Å². The zero-order valence-electron chi connectivity index (χ0n) is 9.18. The summed E-state index contributed by atoms with van der Waals surface area (Å²) in [4.78, 5) is 24.7. The highest BCUT2D eigenvalue weighted by molar-refractivity contribution is 6.35. The summed E-state index contributed by atoms with van der Waals surface area (Å²) < 4.78 is 0. The molecular formula is C12H10ClNO4. The molecule has 3 N–H and O–H groups in total. The molecule has 2 rings (SSSR count). The molecule has 1 aromatic heterocycles. The highest BCUT2D eigenvalue weighted by Crippen LogP contribution is 2.31. The number of carboxylic acids is 2. The third-order valence-corrected chi connectivity index (χ3v) is 3.06. The molecule has 1 heterocycles. The number of halogens is 1. The predicted octanol–water partition coefficient (Wildman–Crippen LogP) is 2.46. The first kappa shape index (κ1) is 12.4. The number of fused-ring (bicyclic) bond motifs is 1. The lowest BCUT2D eigenvalue weighted by atomic mass is 9.95. The number of hydrogen-bond donors (Lipinski definition) is 3. The second kappa shape index (κ2) is 4.70. The molecule has 2 aromatic rings. The standard InChI is InChI=1S/C12H10ClNO4/c13-9-3-1-2-6-8(5-14-11(6)9)7(12(17)18)4-10(15)16/h1-3,5,7,14H,4H2,(H,15,16)(H,17,18). The molecule has 0 saturated carbocycles. The summed E-state index contributed by atoms with van der Waals surface area (Å²) in [5.74, 6) is -3.41. The molecule has 0 radical (unpaired) electrons. The van der Waals surface area contributed by atoms with Crippen molar-refractivity contribution in [3.8, 4) is 0 Å². The Morgan fingerprint density at radius 2 is 2.06 bits per heavy atom. The van der Waals surface area contributed by atoms with Gasteiger partial charge in [0.2, 0.25) is 0 Å². The third-order valence-electron chi connectivity index (χ3n) is 2.75. The molecule has 0 amide bonds. The molecule has 1 atom stereocenters. The maximum absolute atomic E-state index is 11.2. The molecule has 18 heavy (non-hydrogen) atoms. The van der Waals surface area contributed by atoms with Crippen LogP contribution in [0.2, 0.25) is 5.02 Å². The van der Waals surface area contributed by atoms with E-state index in [0.717, 1.165) is 0 Å². The van der Waals surface area contributed by atoms with Crippen LogP contribution in [0.3, 0.4) is 0 Å². The molecule has 0 fully saturated rings. The van der Waals surface area contributed by atoms with Crippen LogP contribution in [0.25, 0.3) is 10.9 Å². The number of rotatable bonds is 4. The van der Waals surface area contributed by atoms with Gasteiger partial charge in [0.05, 0.1) is 22.9 Å². The molecule has 0 saturated heterocycles. The molecule has 0 bridgehead atoms. The highest BCUT2D eigenvalue weighted by atomic mass is 35.5. The van der Waals surface area contributed by atoms with E-state index in [4.69, 9.17) is 21.8 Å². The molecule has 1 aromatic carbocycles. The van der Waals surface area contributed by atoms with Gasteiger partial charge in [-0.25, -0.2) is 0 Å². The van der Waals surface area contributed by atoms with Crippen molar-refractivity contribution < 1.29 is 19.8 Å². The lowest BCUT2D eigenvalue weighted by Gasteiger charge is -2.08. The fraction of sp³-hybridized carbons (Fsp3) is 0.167. The first-order chi connectivity index (χ1) is 8.50. The third kappa shape index (κ3) is 2.17. The van der Waals surface area contributed by atoms with E-state index in [2.05, 4.69) is 4.98 Å². The zero-order chi connectivity index (χ0) is 13.3. The number of carbonyl (C=O) groups is 2. The van der Waals surface area contributed by atoms with E-state index in [1.54, 1.807) is 18.2 Å². The van der Waals surface area contributed by atoms with Crippen LogP contribution in [0, 0.1) is 0 Å². The van der Waals surface area contributed by atoms with Crippen LogP contribution in [-0.4, -0.2) is 27.1 Å². The second-order valence-corrected chi connectivity index (χ2v) is 4.30. The molecule has 0 aliphatic rings. The first-order valence-electron chi connectivity index (χ1n) is 5.20. The van der Waals surface area contributed by atoms with E-state index in [1.807, 2.05) is 0 Å². The first-order valence-corrected chi connectivity index (χ1v) is 5.58. The number of aliphatic carboxylic acids is 2. The minimum absolute atomic E-state index is 0.433. The van der Waals surface area contributed by atoms with Gasteiger partial charge in [-0.3, -0.25) is 9.59 Å². The van der Waals surface area contributed by atoms with Crippen LogP contribution < -0.4 is 0 Å². The smallest absolute Gasteiger partial charge is 0.311 e. The molecule has 5 nitrogen and oxygen atoms in total. The average molecular weight is 268 g/mol.